The SMILES string of the molecule is Nc1cc(-c2cnn3cc(N4CCN(c5ccncc5)CC4)cnc23)c2ccccc2n1. The van der Waals surface area contributed by atoms with E-state index in [1.807, 2.05) is 53.6 Å². The van der Waals surface area contributed by atoms with Gasteiger partial charge in [0.1, 0.15) is 5.82 Å². The maximum Gasteiger partial charge on any atom is 0.162 e. The van der Waals surface area contributed by atoms with Gasteiger partial charge >= 0.3 is 0 Å². The minimum atomic E-state index is 0.488. The zero-order chi connectivity index (χ0) is 21.5. The van der Waals surface area contributed by atoms with Gasteiger partial charge in [-0.25, -0.2) is 14.5 Å². The van der Waals surface area contributed by atoms with Gasteiger partial charge in [0.2, 0.25) is 0 Å². The number of piperazine rings is 1. The first-order valence-corrected chi connectivity index (χ1v) is 10.7. The fraction of sp³-hybridized carbons (Fsp3) is 0.167. The number of pyridine rings is 2. The van der Waals surface area contributed by atoms with Crippen molar-refractivity contribution in [1.82, 2.24) is 24.6 Å². The number of nitrogens with two attached hydrogens (primary N) is 1. The molecule has 32 heavy (non-hydrogen) atoms. The van der Waals surface area contributed by atoms with Crippen molar-refractivity contribution in [2.45, 2.75) is 0 Å². The minimum Gasteiger partial charge on any atom is -0.384 e. The van der Waals surface area contributed by atoms with Crippen LogP contribution in [0.4, 0.5) is 17.2 Å². The van der Waals surface area contributed by atoms with Gasteiger partial charge in [-0.1, -0.05) is 18.2 Å². The van der Waals surface area contributed by atoms with E-state index in [-0.39, 0.29) is 0 Å². The lowest BCUT2D eigenvalue weighted by molar-refractivity contribution is 0.650. The number of benzene rings is 1. The van der Waals surface area contributed by atoms with Crippen LogP contribution in [0.1, 0.15) is 0 Å². The molecule has 8 nitrogen and oxygen atoms in total. The van der Waals surface area contributed by atoms with Crippen molar-refractivity contribution in [2.75, 3.05) is 41.7 Å². The average Bonchev–Trinajstić information content (AvgIpc) is 3.27. The molecule has 1 aromatic carbocycles. The van der Waals surface area contributed by atoms with Gasteiger partial charge in [-0.3, -0.25) is 4.98 Å². The van der Waals surface area contributed by atoms with Crippen LogP contribution in [0, 0.1) is 0 Å². The van der Waals surface area contributed by atoms with E-state index in [1.54, 1.807) is 0 Å². The van der Waals surface area contributed by atoms with Gasteiger partial charge in [0, 0.05) is 60.8 Å². The highest BCUT2D eigenvalue weighted by Crippen LogP contribution is 2.32. The first-order chi connectivity index (χ1) is 15.8. The third-order valence-corrected chi connectivity index (χ3v) is 6.04. The molecule has 1 fully saturated rings. The topological polar surface area (TPSA) is 88.5 Å². The van der Waals surface area contributed by atoms with Crippen molar-refractivity contribution in [3.05, 3.63) is 73.4 Å². The van der Waals surface area contributed by atoms with E-state index in [9.17, 15) is 0 Å². The second kappa shape index (κ2) is 7.49. The molecule has 5 aromatic rings. The predicted molar refractivity (Wildman–Crippen MR) is 127 cm³/mol. The van der Waals surface area contributed by atoms with E-state index in [4.69, 9.17) is 10.7 Å². The van der Waals surface area contributed by atoms with Gasteiger partial charge in [0.05, 0.1) is 29.8 Å². The lowest BCUT2D eigenvalue weighted by atomic mass is 10.0. The molecule has 0 spiro atoms. The Morgan fingerprint density at radius 2 is 1.56 bits per heavy atom. The van der Waals surface area contributed by atoms with E-state index in [1.165, 1.54) is 5.69 Å². The number of fused-ring (bicyclic) bond motifs is 2. The number of para-hydroxylation sites is 1. The van der Waals surface area contributed by atoms with E-state index >= 15 is 0 Å². The van der Waals surface area contributed by atoms with Gasteiger partial charge in [0.25, 0.3) is 0 Å². The summed E-state index contributed by atoms with van der Waals surface area (Å²) in [6, 6.07) is 14.0. The van der Waals surface area contributed by atoms with Gasteiger partial charge in [-0.15, -0.1) is 0 Å². The van der Waals surface area contributed by atoms with Gasteiger partial charge in [0.15, 0.2) is 5.65 Å². The van der Waals surface area contributed by atoms with Crippen LogP contribution in [0.15, 0.2) is 73.4 Å². The molecule has 1 saturated heterocycles. The first kappa shape index (κ1) is 18.6. The van der Waals surface area contributed by atoms with Crippen LogP contribution in [0.3, 0.4) is 0 Å². The third kappa shape index (κ3) is 3.17. The first-order valence-electron chi connectivity index (χ1n) is 10.7. The smallest absolute Gasteiger partial charge is 0.162 e. The molecule has 5 heterocycles. The molecule has 1 aliphatic rings. The van der Waals surface area contributed by atoms with E-state index < -0.39 is 0 Å². The van der Waals surface area contributed by atoms with E-state index in [2.05, 4.69) is 49.3 Å². The fourth-order valence-corrected chi connectivity index (χ4v) is 4.41. The quantitative estimate of drug-likeness (QED) is 0.477. The molecule has 1 aliphatic heterocycles. The van der Waals surface area contributed by atoms with Crippen LogP contribution >= 0.6 is 0 Å². The van der Waals surface area contributed by atoms with Crippen molar-refractivity contribution < 1.29 is 0 Å². The lowest BCUT2D eigenvalue weighted by Gasteiger charge is -2.37. The Kier molecular flexibility index (Phi) is 4.34. The Hall–Kier alpha value is -4.20. The molecule has 0 bridgehead atoms. The van der Waals surface area contributed by atoms with Gasteiger partial charge in [-0.05, 0) is 24.3 Å². The summed E-state index contributed by atoms with van der Waals surface area (Å²) in [6.45, 7) is 3.76. The summed E-state index contributed by atoms with van der Waals surface area (Å²) in [4.78, 5) is 18.1. The molecule has 8 heteroatoms. The molecule has 6 rings (SSSR count). The lowest BCUT2D eigenvalue weighted by Crippen LogP contribution is -2.46. The summed E-state index contributed by atoms with van der Waals surface area (Å²) < 4.78 is 1.85. The summed E-state index contributed by atoms with van der Waals surface area (Å²) >= 11 is 0. The zero-order valence-electron chi connectivity index (χ0n) is 17.5. The summed E-state index contributed by atoms with van der Waals surface area (Å²) in [7, 11) is 0. The van der Waals surface area contributed by atoms with Crippen molar-refractivity contribution in [2.24, 2.45) is 0 Å². The molecule has 0 unspecified atom stereocenters. The fourth-order valence-electron chi connectivity index (χ4n) is 4.41. The van der Waals surface area contributed by atoms with E-state index in [0.29, 0.717) is 5.82 Å². The Balaban J connectivity index is 1.30. The number of rotatable bonds is 3. The highest BCUT2D eigenvalue weighted by Gasteiger charge is 2.19. The Bertz CT molecular complexity index is 1400. The van der Waals surface area contributed by atoms with Crippen molar-refractivity contribution in [3.63, 3.8) is 0 Å². The number of anilines is 3. The Morgan fingerprint density at radius 3 is 2.38 bits per heavy atom. The number of aromatic nitrogens is 5. The van der Waals surface area contributed by atoms with E-state index in [0.717, 1.165) is 59.5 Å². The normalized spacial score (nSPS) is 14.4. The van der Waals surface area contributed by atoms with Crippen LogP contribution in [0.25, 0.3) is 27.7 Å². The molecule has 2 N–H and O–H groups in total. The molecule has 0 amide bonds. The summed E-state index contributed by atoms with van der Waals surface area (Å²) in [5.74, 6) is 0.488. The number of nitrogens with zero attached hydrogens (tertiary/aromatic N) is 7. The van der Waals surface area contributed by atoms with Crippen LogP contribution in [-0.2, 0) is 0 Å². The largest absolute Gasteiger partial charge is 0.384 e. The standard InChI is InChI=1S/C24H22N8/c25-23-13-20(19-3-1-2-4-22(19)29-23)21-15-28-32-16-18(14-27-24(21)32)31-11-9-30(10-12-31)17-5-7-26-8-6-17/h1-8,13-16H,9-12H2,(H2,25,29). The number of hydrogen-bond acceptors (Lipinski definition) is 7. The highest BCUT2D eigenvalue weighted by molar-refractivity contribution is 5.99. The molecular formula is C24H22N8. The monoisotopic (exact) mass is 422 g/mol. The van der Waals surface area contributed by atoms with Crippen molar-refractivity contribution >= 4 is 33.7 Å². The molecule has 158 valence electrons. The Morgan fingerprint density at radius 1 is 0.812 bits per heavy atom. The molecule has 4 aromatic heterocycles. The van der Waals surface area contributed by atoms with Crippen molar-refractivity contribution in [1.29, 1.82) is 0 Å². The summed E-state index contributed by atoms with van der Waals surface area (Å²) in [5.41, 5.74) is 12.0. The average molecular weight is 422 g/mol. The second-order valence-electron chi connectivity index (χ2n) is 7.93. The molecular weight excluding hydrogens is 400 g/mol. The van der Waals surface area contributed by atoms with Gasteiger partial charge < -0.3 is 15.5 Å². The Labute approximate surface area is 185 Å². The van der Waals surface area contributed by atoms with Crippen LogP contribution in [0.5, 0.6) is 0 Å². The second-order valence-corrected chi connectivity index (χ2v) is 7.93. The maximum absolute atomic E-state index is 6.08. The molecule has 0 aliphatic carbocycles. The molecule has 0 radical (unpaired) electrons. The van der Waals surface area contributed by atoms with Gasteiger partial charge in [-0.2, -0.15) is 5.10 Å². The number of nitrogen functional groups attached to an aromatic ring is 1. The molecule has 0 atom stereocenters. The predicted octanol–water partition coefficient (Wildman–Crippen LogP) is 3.25. The number of hydrogen-bond donors (Lipinski definition) is 1. The van der Waals surface area contributed by atoms with Crippen LogP contribution in [-0.4, -0.2) is 50.7 Å². The summed E-state index contributed by atoms with van der Waals surface area (Å²) in [5, 5.41) is 5.64. The summed E-state index contributed by atoms with van der Waals surface area (Å²) in [6.07, 6.45) is 9.54. The zero-order valence-corrected chi connectivity index (χ0v) is 17.5. The van der Waals surface area contributed by atoms with Crippen LogP contribution < -0.4 is 15.5 Å². The third-order valence-electron chi connectivity index (χ3n) is 6.04. The maximum atomic E-state index is 6.08. The highest BCUT2D eigenvalue weighted by atomic mass is 15.3. The van der Waals surface area contributed by atoms with Crippen molar-refractivity contribution in [3.8, 4) is 11.1 Å². The minimum absolute atomic E-state index is 0.488. The molecule has 0 saturated carbocycles. The van der Waals surface area contributed by atoms with Crippen LogP contribution in [0.2, 0.25) is 0 Å².